The molecule has 1 aromatic rings. The van der Waals surface area contributed by atoms with Crippen molar-refractivity contribution in [3.05, 3.63) is 35.4 Å². The van der Waals surface area contributed by atoms with Gasteiger partial charge in [-0.25, -0.2) is 4.79 Å². The van der Waals surface area contributed by atoms with E-state index in [0.29, 0.717) is 19.4 Å². The van der Waals surface area contributed by atoms with Crippen LogP contribution in [0.3, 0.4) is 0 Å². The van der Waals surface area contributed by atoms with E-state index < -0.39 is 11.6 Å². The summed E-state index contributed by atoms with van der Waals surface area (Å²) in [6.07, 6.45) is 6.81. The molecule has 2 heterocycles. The molecule has 0 radical (unpaired) electrons. The van der Waals surface area contributed by atoms with Crippen LogP contribution in [0, 0.1) is 5.92 Å². The minimum atomic E-state index is -0.780. The third-order valence-corrected chi connectivity index (χ3v) is 7.05. The maximum Gasteiger partial charge on any atom is 0.325 e. The summed E-state index contributed by atoms with van der Waals surface area (Å²) >= 11 is 0. The zero-order chi connectivity index (χ0) is 21.8. The monoisotopic (exact) mass is 426 g/mol. The molecule has 3 aliphatic rings. The van der Waals surface area contributed by atoms with Crippen LogP contribution in [0.4, 0.5) is 4.79 Å². The van der Waals surface area contributed by atoms with Gasteiger partial charge in [0.15, 0.2) is 0 Å². The topological polar surface area (TPSA) is 81.8 Å². The zero-order valence-electron chi connectivity index (χ0n) is 18.5. The fraction of sp³-hybridized carbons (Fsp3) is 0.625. The summed E-state index contributed by atoms with van der Waals surface area (Å²) in [6, 6.07) is 7.85. The lowest BCUT2D eigenvalue weighted by molar-refractivity contribution is -0.135. The Kier molecular flexibility index (Phi) is 6.60. The van der Waals surface area contributed by atoms with Gasteiger partial charge in [-0.05, 0) is 55.8 Å². The summed E-state index contributed by atoms with van der Waals surface area (Å²) in [7, 11) is 0. The zero-order valence-corrected chi connectivity index (χ0v) is 18.5. The van der Waals surface area contributed by atoms with E-state index in [1.807, 2.05) is 12.1 Å². The standard InChI is InChI=1S/C24H34N4O3/c1-18-9-13-27(14-10-18)16-20-7-5-19(6-8-20)15-25-21(29)17-28-22(30)24(26-23(28)31)11-3-2-4-12-24/h5-8,18H,2-4,9-17H2,1H3,(H,25,29)(H,26,31). The van der Waals surface area contributed by atoms with Gasteiger partial charge in [0.05, 0.1) is 0 Å². The molecule has 168 valence electrons. The number of nitrogens with one attached hydrogen (secondary N) is 2. The van der Waals surface area contributed by atoms with Crippen molar-refractivity contribution in [1.82, 2.24) is 20.4 Å². The Morgan fingerprint density at radius 1 is 1.06 bits per heavy atom. The number of likely N-dealkylation sites (tertiary alicyclic amines) is 1. The third kappa shape index (κ3) is 5.09. The van der Waals surface area contributed by atoms with E-state index in [4.69, 9.17) is 0 Å². The largest absolute Gasteiger partial charge is 0.350 e. The maximum atomic E-state index is 12.8. The highest BCUT2D eigenvalue weighted by molar-refractivity contribution is 6.09. The number of piperidine rings is 1. The average Bonchev–Trinajstić information content (AvgIpc) is 2.99. The normalized spacial score (nSPS) is 22.0. The summed E-state index contributed by atoms with van der Waals surface area (Å²) in [4.78, 5) is 41.0. The van der Waals surface area contributed by atoms with Crippen molar-refractivity contribution < 1.29 is 14.4 Å². The van der Waals surface area contributed by atoms with Gasteiger partial charge in [-0.3, -0.25) is 19.4 Å². The Labute approximate surface area is 184 Å². The Bertz CT molecular complexity index is 809. The van der Waals surface area contributed by atoms with Crippen LogP contribution in [0.5, 0.6) is 0 Å². The molecule has 0 unspecified atom stereocenters. The number of amides is 4. The fourth-order valence-corrected chi connectivity index (χ4v) is 4.96. The summed E-state index contributed by atoms with van der Waals surface area (Å²) < 4.78 is 0. The van der Waals surface area contributed by atoms with Crippen LogP contribution in [0.15, 0.2) is 24.3 Å². The first-order chi connectivity index (χ1) is 14.9. The third-order valence-electron chi connectivity index (χ3n) is 7.05. The Morgan fingerprint density at radius 3 is 2.39 bits per heavy atom. The van der Waals surface area contributed by atoms with Crippen molar-refractivity contribution in [1.29, 1.82) is 0 Å². The lowest BCUT2D eigenvalue weighted by Crippen LogP contribution is -2.49. The Morgan fingerprint density at radius 2 is 1.71 bits per heavy atom. The smallest absolute Gasteiger partial charge is 0.325 e. The minimum Gasteiger partial charge on any atom is -0.350 e. The van der Waals surface area contributed by atoms with Crippen LogP contribution >= 0.6 is 0 Å². The van der Waals surface area contributed by atoms with E-state index >= 15 is 0 Å². The van der Waals surface area contributed by atoms with Crippen molar-refractivity contribution >= 4 is 17.8 Å². The number of benzene rings is 1. The molecule has 0 bridgehead atoms. The van der Waals surface area contributed by atoms with E-state index in [1.54, 1.807) is 0 Å². The molecule has 2 N–H and O–H groups in total. The summed E-state index contributed by atoms with van der Waals surface area (Å²) in [6.45, 7) is 5.76. The SMILES string of the molecule is CC1CCN(Cc2ccc(CNC(=O)CN3C(=O)NC4(CCCCC4)C3=O)cc2)CC1. The highest BCUT2D eigenvalue weighted by Gasteiger charge is 2.51. The van der Waals surface area contributed by atoms with E-state index in [0.717, 1.165) is 55.3 Å². The van der Waals surface area contributed by atoms with Gasteiger partial charge in [0.1, 0.15) is 12.1 Å². The molecular weight excluding hydrogens is 392 g/mol. The maximum absolute atomic E-state index is 12.8. The Hall–Kier alpha value is -2.41. The van der Waals surface area contributed by atoms with Crippen molar-refractivity contribution in [2.75, 3.05) is 19.6 Å². The van der Waals surface area contributed by atoms with Gasteiger partial charge in [-0.15, -0.1) is 0 Å². The molecular formula is C24H34N4O3. The first kappa shape index (κ1) is 21.8. The second kappa shape index (κ2) is 9.39. The highest BCUT2D eigenvalue weighted by atomic mass is 16.2. The predicted molar refractivity (Wildman–Crippen MR) is 118 cm³/mol. The molecule has 4 amide bonds. The van der Waals surface area contributed by atoms with Crippen molar-refractivity contribution in [3.8, 4) is 0 Å². The summed E-state index contributed by atoms with van der Waals surface area (Å²) in [5.41, 5.74) is 1.50. The Balaban J connectivity index is 1.24. The molecule has 1 aromatic carbocycles. The molecule has 4 rings (SSSR count). The number of nitrogens with zero attached hydrogens (tertiary/aromatic N) is 2. The molecule has 1 aliphatic carbocycles. The number of carbonyl (C=O) groups excluding carboxylic acids is 3. The van der Waals surface area contributed by atoms with E-state index in [9.17, 15) is 14.4 Å². The van der Waals surface area contributed by atoms with Gasteiger partial charge < -0.3 is 10.6 Å². The van der Waals surface area contributed by atoms with E-state index in [1.165, 1.54) is 18.4 Å². The van der Waals surface area contributed by atoms with Crippen molar-refractivity contribution in [3.63, 3.8) is 0 Å². The molecule has 7 nitrogen and oxygen atoms in total. The van der Waals surface area contributed by atoms with Crippen LogP contribution in [-0.4, -0.2) is 52.8 Å². The fourth-order valence-electron chi connectivity index (χ4n) is 4.96. The second-order valence-corrected chi connectivity index (χ2v) is 9.52. The number of hydrogen-bond donors (Lipinski definition) is 2. The van der Waals surface area contributed by atoms with Crippen LogP contribution in [0.25, 0.3) is 0 Å². The van der Waals surface area contributed by atoms with E-state index in [-0.39, 0.29) is 18.4 Å². The quantitative estimate of drug-likeness (QED) is 0.686. The van der Waals surface area contributed by atoms with Crippen LogP contribution in [0.1, 0.15) is 63.0 Å². The second-order valence-electron chi connectivity index (χ2n) is 9.52. The van der Waals surface area contributed by atoms with Crippen molar-refractivity contribution in [2.45, 2.75) is 70.5 Å². The van der Waals surface area contributed by atoms with Gasteiger partial charge in [0.25, 0.3) is 5.91 Å². The van der Waals surface area contributed by atoms with Gasteiger partial charge in [-0.2, -0.15) is 0 Å². The van der Waals surface area contributed by atoms with Gasteiger partial charge in [-0.1, -0.05) is 50.5 Å². The molecule has 1 spiro atoms. The molecule has 0 aromatic heterocycles. The van der Waals surface area contributed by atoms with Crippen LogP contribution < -0.4 is 10.6 Å². The first-order valence-electron chi connectivity index (χ1n) is 11.7. The minimum absolute atomic E-state index is 0.224. The molecule has 2 saturated heterocycles. The molecule has 2 aliphatic heterocycles. The average molecular weight is 427 g/mol. The molecule has 3 fully saturated rings. The number of urea groups is 1. The molecule has 7 heteroatoms. The lowest BCUT2D eigenvalue weighted by atomic mass is 9.82. The summed E-state index contributed by atoms with van der Waals surface area (Å²) in [5.74, 6) is 0.268. The molecule has 1 saturated carbocycles. The predicted octanol–water partition coefficient (Wildman–Crippen LogP) is 2.79. The van der Waals surface area contributed by atoms with Gasteiger partial charge in [0, 0.05) is 13.1 Å². The van der Waals surface area contributed by atoms with Crippen LogP contribution in [0.2, 0.25) is 0 Å². The van der Waals surface area contributed by atoms with Gasteiger partial charge in [0.2, 0.25) is 5.91 Å². The van der Waals surface area contributed by atoms with Crippen LogP contribution in [-0.2, 0) is 22.7 Å². The summed E-state index contributed by atoms with van der Waals surface area (Å²) in [5, 5.41) is 5.68. The first-order valence-corrected chi connectivity index (χ1v) is 11.7. The van der Waals surface area contributed by atoms with Crippen molar-refractivity contribution in [2.24, 2.45) is 5.92 Å². The number of rotatable bonds is 6. The highest BCUT2D eigenvalue weighted by Crippen LogP contribution is 2.33. The molecule has 0 atom stereocenters. The number of carbonyl (C=O) groups is 3. The number of hydrogen-bond acceptors (Lipinski definition) is 4. The number of imide groups is 1. The molecule has 31 heavy (non-hydrogen) atoms. The lowest BCUT2D eigenvalue weighted by Gasteiger charge is -2.30. The van der Waals surface area contributed by atoms with Gasteiger partial charge >= 0.3 is 6.03 Å². The van der Waals surface area contributed by atoms with E-state index in [2.05, 4.69) is 34.6 Å².